The number of aromatic nitrogens is 1. The summed E-state index contributed by atoms with van der Waals surface area (Å²) in [6.45, 7) is 1.34. The number of amides is 3. The van der Waals surface area contributed by atoms with E-state index in [1.807, 2.05) is 36.4 Å². The molecule has 0 saturated carbocycles. The van der Waals surface area contributed by atoms with Crippen molar-refractivity contribution in [2.45, 2.75) is 38.3 Å². The Balaban J connectivity index is 1.58. The Labute approximate surface area is 238 Å². The summed E-state index contributed by atoms with van der Waals surface area (Å²) in [7, 11) is 1.59. The molecule has 2 N–H and O–H groups in total. The van der Waals surface area contributed by atoms with Gasteiger partial charge in [-0.15, -0.1) is 0 Å². The normalized spacial score (nSPS) is 13.7. The Kier molecular flexibility index (Phi) is 9.96. The molecule has 1 saturated heterocycles. The molecule has 3 amide bonds. The summed E-state index contributed by atoms with van der Waals surface area (Å²) in [5, 5.41) is 3.52. The Morgan fingerprint density at radius 2 is 1.77 bits per heavy atom. The van der Waals surface area contributed by atoms with E-state index in [1.54, 1.807) is 30.2 Å². The number of rotatable bonds is 12. The summed E-state index contributed by atoms with van der Waals surface area (Å²) in [6, 6.07) is 16.5. The van der Waals surface area contributed by atoms with Crippen LogP contribution in [-0.2, 0) is 27.3 Å². The van der Waals surface area contributed by atoms with Crippen LogP contribution in [0.5, 0.6) is 5.75 Å². The molecule has 210 valence electrons. The van der Waals surface area contributed by atoms with Gasteiger partial charge in [-0.2, -0.15) is 0 Å². The number of aryl methyl sites for hydroxylation is 1. The molecule has 1 fully saturated rings. The van der Waals surface area contributed by atoms with Gasteiger partial charge in [0.1, 0.15) is 11.8 Å². The summed E-state index contributed by atoms with van der Waals surface area (Å²) in [6.07, 6.45) is 3.34. The predicted octanol–water partition coefficient (Wildman–Crippen LogP) is 3.48. The summed E-state index contributed by atoms with van der Waals surface area (Å²) < 4.78 is 5.21. The van der Waals surface area contributed by atoms with Gasteiger partial charge in [-0.3, -0.25) is 19.2 Å². The number of nitrogens with zero attached hydrogens (tertiary/aromatic N) is 2. The maximum Gasteiger partial charge on any atom is 0.247 e. The molecule has 0 aliphatic carbocycles. The Hall–Kier alpha value is -4.11. The zero-order valence-electron chi connectivity index (χ0n) is 22.4. The van der Waals surface area contributed by atoms with Crippen LogP contribution in [0.3, 0.4) is 0 Å². The fourth-order valence-electron chi connectivity index (χ4n) is 4.71. The minimum Gasteiger partial charge on any atom is -0.497 e. The highest BCUT2D eigenvalue weighted by atomic mass is 35.5. The van der Waals surface area contributed by atoms with Crippen molar-refractivity contribution in [3.05, 3.63) is 98.9 Å². The lowest BCUT2D eigenvalue weighted by atomic mass is 10.0. The SMILES string of the molecule is COc1ccc(CCC(=O)N(CCN2CCCC2=O)C(C(=O)NCc2ccc(Cl)cc2)c2ccc(=O)[nH]c2)cc1. The zero-order chi connectivity index (χ0) is 28.5. The van der Waals surface area contributed by atoms with Crippen LogP contribution in [0, 0.1) is 0 Å². The van der Waals surface area contributed by atoms with E-state index in [9.17, 15) is 19.2 Å². The van der Waals surface area contributed by atoms with E-state index in [-0.39, 0.29) is 36.9 Å². The molecule has 3 aromatic rings. The van der Waals surface area contributed by atoms with Crippen LogP contribution >= 0.6 is 11.6 Å². The minimum absolute atomic E-state index is 0.0402. The van der Waals surface area contributed by atoms with Crippen molar-refractivity contribution < 1.29 is 19.1 Å². The number of hydrogen-bond acceptors (Lipinski definition) is 5. The first-order valence-corrected chi connectivity index (χ1v) is 13.6. The van der Waals surface area contributed by atoms with Gasteiger partial charge in [-0.05, 0) is 54.3 Å². The highest BCUT2D eigenvalue weighted by Gasteiger charge is 2.32. The van der Waals surface area contributed by atoms with Crippen molar-refractivity contribution in [3.8, 4) is 5.75 Å². The van der Waals surface area contributed by atoms with Crippen LogP contribution in [0.15, 0.2) is 71.7 Å². The number of halogens is 1. The number of hydrogen-bond donors (Lipinski definition) is 2. The standard InChI is InChI=1S/C30H33ClN4O5/c1-40-25-12-6-21(7-13-25)8-15-28(38)35(18-17-34-16-2-3-27(34)37)29(23-9-14-26(36)32-20-23)30(39)33-19-22-4-10-24(31)11-5-22/h4-7,9-14,20,29H,2-3,8,15-19H2,1H3,(H,32,36)(H,33,39). The molecule has 2 aromatic carbocycles. The molecule has 1 unspecified atom stereocenters. The molecule has 1 aliphatic rings. The molecule has 0 bridgehead atoms. The Bertz CT molecular complexity index is 1350. The van der Waals surface area contributed by atoms with Crippen molar-refractivity contribution >= 4 is 29.3 Å². The molecule has 40 heavy (non-hydrogen) atoms. The van der Waals surface area contributed by atoms with E-state index >= 15 is 0 Å². The average molecular weight is 565 g/mol. The van der Waals surface area contributed by atoms with Gasteiger partial charge in [-0.1, -0.05) is 35.9 Å². The molecule has 1 aliphatic heterocycles. The van der Waals surface area contributed by atoms with Gasteiger partial charge in [-0.25, -0.2) is 0 Å². The zero-order valence-corrected chi connectivity index (χ0v) is 23.2. The summed E-state index contributed by atoms with van der Waals surface area (Å²) >= 11 is 5.99. The fourth-order valence-corrected chi connectivity index (χ4v) is 4.83. The number of carbonyl (C=O) groups excluding carboxylic acids is 3. The van der Waals surface area contributed by atoms with Gasteiger partial charge >= 0.3 is 0 Å². The minimum atomic E-state index is -1.01. The number of carbonyl (C=O) groups is 3. The molecule has 1 aromatic heterocycles. The molecular weight excluding hydrogens is 532 g/mol. The van der Waals surface area contributed by atoms with Gasteiger partial charge in [0.25, 0.3) is 0 Å². The molecule has 2 heterocycles. The smallest absolute Gasteiger partial charge is 0.247 e. The van der Waals surface area contributed by atoms with E-state index in [1.165, 1.54) is 17.2 Å². The third-order valence-corrected chi connectivity index (χ3v) is 7.21. The molecular formula is C30H33ClN4O5. The first kappa shape index (κ1) is 28.9. The van der Waals surface area contributed by atoms with Crippen molar-refractivity contribution in [1.82, 2.24) is 20.1 Å². The van der Waals surface area contributed by atoms with Crippen LogP contribution in [0.2, 0.25) is 5.02 Å². The van der Waals surface area contributed by atoms with Gasteiger partial charge in [0, 0.05) is 61.9 Å². The van der Waals surface area contributed by atoms with Crippen LogP contribution in [-0.4, -0.2) is 59.2 Å². The fraction of sp³-hybridized carbons (Fsp3) is 0.333. The number of methoxy groups -OCH3 is 1. The Morgan fingerprint density at radius 1 is 1.05 bits per heavy atom. The molecule has 0 radical (unpaired) electrons. The number of aromatic amines is 1. The second-order valence-electron chi connectivity index (χ2n) is 9.65. The highest BCUT2D eigenvalue weighted by molar-refractivity contribution is 6.30. The average Bonchev–Trinajstić information content (AvgIpc) is 3.38. The third-order valence-electron chi connectivity index (χ3n) is 6.95. The predicted molar refractivity (Wildman–Crippen MR) is 152 cm³/mol. The first-order valence-electron chi connectivity index (χ1n) is 13.2. The monoisotopic (exact) mass is 564 g/mol. The van der Waals surface area contributed by atoms with E-state index in [4.69, 9.17) is 16.3 Å². The van der Waals surface area contributed by atoms with Crippen molar-refractivity contribution in [3.63, 3.8) is 0 Å². The largest absolute Gasteiger partial charge is 0.497 e. The topological polar surface area (TPSA) is 112 Å². The highest BCUT2D eigenvalue weighted by Crippen LogP contribution is 2.23. The Morgan fingerprint density at radius 3 is 2.40 bits per heavy atom. The lowest BCUT2D eigenvalue weighted by Crippen LogP contribution is -2.47. The number of H-pyrrole nitrogens is 1. The maximum absolute atomic E-state index is 13.8. The quantitative estimate of drug-likeness (QED) is 0.350. The van der Waals surface area contributed by atoms with E-state index in [0.717, 1.165) is 23.3 Å². The van der Waals surface area contributed by atoms with Gasteiger partial charge in [0.15, 0.2) is 0 Å². The number of benzene rings is 2. The van der Waals surface area contributed by atoms with Crippen LogP contribution in [0.25, 0.3) is 0 Å². The lowest BCUT2D eigenvalue weighted by Gasteiger charge is -2.33. The molecule has 9 nitrogen and oxygen atoms in total. The molecule has 10 heteroatoms. The summed E-state index contributed by atoms with van der Waals surface area (Å²) in [5.74, 6) is 0.133. The van der Waals surface area contributed by atoms with Crippen LogP contribution in [0.4, 0.5) is 0 Å². The van der Waals surface area contributed by atoms with E-state index < -0.39 is 11.9 Å². The van der Waals surface area contributed by atoms with E-state index in [0.29, 0.717) is 36.5 Å². The number of ether oxygens (including phenoxy) is 1. The summed E-state index contributed by atoms with van der Waals surface area (Å²) in [4.78, 5) is 57.4. The van der Waals surface area contributed by atoms with E-state index in [2.05, 4.69) is 10.3 Å². The van der Waals surface area contributed by atoms with Crippen LogP contribution < -0.4 is 15.6 Å². The first-order chi connectivity index (χ1) is 19.3. The van der Waals surface area contributed by atoms with Gasteiger partial charge in [0.2, 0.25) is 23.3 Å². The molecule has 1 atom stereocenters. The second-order valence-corrected chi connectivity index (χ2v) is 10.1. The van der Waals surface area contributed by atoms with Gasteiger partial charge in [0.05, 0.1) is 7.11 Å². The number of nitrogens with one attached hydrogen (secondary N) is 2. The summed E-state index contributed by atoms with van der Waals surface area (Å²) in [5.41, 5.74) is 1.96. The van der Waals surface area contributed by atoms with Crippen molar-refractivity contribution in [2.24, 2.45) is 0 Å². The van der Waals surface area contributed by atoms with Crippen molar-refractivity contribution in [2.75, 3.05) is 26.7 Å². The third kappa shape index (κ3) is 7.72. The molecule has 0 spiro atoms. The second kappa shape index (κ2) is 13.8. The van der Waals surface area contributed by atoms with Crippen molar-refractivity contribution in [1.29, 1.82) is 0 Å². The number of likely N-dealkylation sites (tertiary alicyclic amines) is 1. The van der Waals surface area contributed by atoms with Crippen LogP contribution in [0.1, 0.15) is 42.0 Å². The maximum atomic E-state index is 13.8. The van der Waals surface area contributed by atoms with Gasteiger partial charge < -0.3 is 24.8 Å². The lowest BCUT2D eigenvalue weighted by molar-refractivity contribution is -0.141. The number of pyridine rings is 1. The molecule has 4 rings (SSSR count).